The number of aryl methyl sites for hydroxylation is 1. The van der Waals surface area contributed by atoms with Crippen molar-refractivity contribution in [1.29, 1.82) is 0 Å². The predicted octanol–water partition coefficient (Wildman–Crippen LogP) is 2.76. The number of thiophene rings is 1. The minimum Gasteiger partial charge on any atom is -0.441 e. The number of nitrogens with one attached hydrogen (secondary N) is 2. The van der Waals surface area contributed by atoms with Crippen molar-refractivity contribution >= 4 is 17.2 Å². The number of rotatable bonds is 6. The van der Waals surface area contributed by atoms with Gasteiger partial charge in [0, 0.05) is 17.5 Å². The number of oxazole rings is 1. The third kappa shape index (κ3) is 4.42. The van der Waals surface area contributed by atoms with Gasteiger partial charge >= 0.3 is 0 Å². The molecule has 1 aliphatic rings. The van der Waals surface area contributed by atoms with E-state index in [9.17, 15) is 4.79 Å². The van der Waals surface area contributed by atoms with Gasteiger partial charge in [0.2, 0.25) is 11.8 Å². The minimum atomic E-state index is 0.0158. The highest BCUT2D eigenvalue weighted by Crippen LogP contribution is 2.24. The van der Waals surface area contributed by atoms with Crippen molar-refractivity contribution < 1.29 is 9.21 Å². The Kier molecular flexibility index (Phi) is 5.46. The molecule has 0 bridgehead atoms. The number of hydrogen-bond donors (Lipinski definition) is 2. The van der Waals surface area contributed by atoms with E-state index in [1.54, 1.807) is 11.3 Å². The zero-order chi connectivity index (χ0) is 16.1. The van der Waals surface area contributed by atoms with Crippen LogP contribution in [-0.4, -0.2) is 30.5 Å². The number of carbonyl (C=O) groups excluding carboxylic acids is 1. The van der Waals surface area contributed by atoms with Crippen LogP contribution < -0.4 is 10.6 Å². The molecule has 23 heavy (non-hydrogen) atoms. The Balaban J connectivity index is 1.48. The van der Waals surface area contributed by atoms with Crippen molar-refractivity contribution in [2.24, 2.45) is 5.92 Å². The maximum Gasteiger partial charge on any atom is 0.227 e. The summed E-state index contributed by atoms with van der Waals surface area (Å²) in [5, 5.41) is 10.4. The fraction of sp³-hybridized carbons (Fsp3) is 0.529. The van der Waals surface area contributed by atoms with Crippen molar-refractivity contribution in [2.75, 3.05) is 19.6 Å². The smallest absolute Gasteiger partial charge is 0.227 e. The second-order valence-electron chi connectivity index (χ2n) is 6.06. The normalized spacial score (nSPS) is 18.0. The van der Waals surface area contributed by atoms with Gasteiger partial charge < -0.3 is 15.1 Å². The molecule has 2 N–H and O–H groups in total. The number of hydrogen-bond acceptors (Lipinski definition) is 5. The molecule has 5 nitrogen and oxygen atoms in total. The van der Waals surface area contributed by atoms with E-state index in [4.69, 9.17) is 4.42 Å². The monoisotopic (exact) mass is 333 g/mol. The Morgan fingerprint density at radius 3 is 3.22 bits per heavy atom. The average Bonchev–Trinajstić information content (AvgIpc) is 3.19. The molecule has 1 unspecified atom stereocenters. The molecule has 2 aromatic rings. The Bertz CT molecular complexity index is 630. The summed E-state index contributed by atoms with van der Waals surface area (Å²) in [6.07, 6.45) is 3.82. The van der Waals surface area contributed by atoms with Crippen molar-refractivity contribution in [3.63, 3.8) is 0 Å². The Hall–Kier alpha value is -1.66. The third-order valence-corrected chi connectivity index (χ3v) is 4.95. The number of carbonyl (C=O) groups is 1. The molecule has 0 aliphatic carbocycles. The van der Waals surface area contributed by atoms with Gasteiger partial charge in [-0.05, 0) is 56.6 Å². The molecular weight excluding hydrogens is 310 g/mol. The van der Waals surface area contributed by atoms with Gasteiger partial charge in [0.1, 0.15) is 5.76 Å². The first-order valence-corrected chi connectivity index (χ1v) is 9.13. The summed E-state index contributed by atoms with van der Waals surface area (Å²) in [5.41, 5.74) is 1.69. The Morgan fingerprint density at radius 2 is 2.48 bits per heavy atom. The van der Waals surface area contributed by atoms with Crippen LogP contribution in [0.25, 0.3) is 11.5 Å². The highest BCUT2D eigenvalue weighted by Gasteiger charge is 2.16. The van der Waals surface area contributed by atoms with Gasteiger partial charge in [0.15, 0.2) is 0 Å². The van der Waals surface area contributed by atoms with E-state index in [0.717, 1.165) is 43.1 Å². The highest BCUT2D eigenvalue weighted by atomic mass is 32.1. The molecule has 1 aliphatic heterocycles. The van der Waals surface area contributed by atoms with Gasteiger partial charge in [-0.1, -0.05) is 0 Å². The molecule has 1 atom stereocenters. The minimum absolute atomic E-state index is 0.0158. The molecule has 3 heterocycles. The van der Waals surface area contributed by atoms with Crippen LogP contribution in [0.5, 0.6) is 0 Å². The molecule has 0 saturated carbocycles. The standard InChI is InChI=1S/C17H23N3O2S/c1-12-15(20-17(22-12)14-5-8-23-11-14)9-16(21)19-7-4-13-3-2-6-18-10-13/h5,8,11,13,18H,2-4,6-7,9-10H2,1H3,(H,19,21). The van der Waals surface area contributed by atoms with Crippen LogP contribution in [0.3, 0.4) is 0 Å². The summed E-state index contributed by atoms with van der Waals surface area (Å²) < 4.78 is 5.67. The van der Waals surface area contributed by atoms with Crippen LogP contribution in [0.1, 0.15) is 30.7 Å². The van der Waals surface area contributed by atoms with Crippen molar-refractivity contribution in [1.82, 2.24) is 15.6 Å². The van der Waals surface area contributed by atoms with E-state index >= 15 is 0 Å². The summed E-state index contributed by atoms with van der Waals surface area (Å²) in [4.78, 5) is 16.6. The van der Waals surface area contributed by atoms with E-state index in [-0.39, 0.29) is 12.3 Å². The Morgan fingerprint density at radius 1 is 1.57 bits per heavy atom. The van der Waals surface area contributed by atoms with Crippen LogP contribution >= 0.6 is 11.3 Å². The maximum atomic E-state index is 12.1. The molecule has 0 spiro atoms. The first kappa shape index (κ1) is 16.2. The van der Waals surface area contributed by atoms with E-state index < -0.39 is 0 Å². The largest absolute Gasteiger partial charge is 0.441 e. The summed E-state index contributed by atoms with van der Waals surface area (Å²) >= 11 is 1.60. The lowest BCUT2D eigenvalue weighted by Gasteiger charge is -2.22. The molecule has 1 fully saturated rings. The molecule has 2 aromatic heterocycles. The number of amides is 1. The lowest BCUT2D eigenvalue weighted by Crippen LogP contribution is -2.33. The lowest BCUT2D eigenvalue weighted by molar-refractivity contribution is -0.120. The molecule has 124 valence electrons. The molecule has 0 radical (unpaired) electrons. The SMILES string of the molecule is Cc1oc(-c2ccsc2)nc1CC(=O)NCCC1CCCNC1. The van der Waals surface area contributed by atoms with E-state index in [0.29, 0.717) is 11.8 Å². The average molecular weight is 333 g/mol. The zero-order valence-electron chi connectivity index (χ0n) is 13.4. The highest BCUT2D eigenvalue weighted by molar-refractivity contribution is 7.08. The molecule has 0 aromatic carbocycles. The van der Waals surface area contributed by atoms with Crippen LogP contribution in [0.15, 0.2) is 21.2 Å². The fourth-order valence-corrected chi connectivity index (χ4v) is 3.53. The first-order chi connectivity index (χ1) is 11.2. The van der Waals surface area contributed by atoms with Gasteiger partial charge in [0.05, 0.1) is 12.1 Å². The van der Waals surface area contributed by atoms with E-state index in [2.05, 4.69) is 15.6 Å². The third-order valence-electron chi connectivity index (χ3n) is 4.26. The summed E-state index contributed by atoms with van der Waals surface area (Å²) in [7, 11) is 0. The summed E-state index contributed by atoms with van der Waals surface area (Å²) in [6, 6.07) is 1.97. The van der Waals surface area contributed by atoms with Gasteiger partial charge in [0.25, 0.3) is 0 Å². The lowest BCUT2D eigenvalue weighted by atomic mass is 9.96. The molecular formula is C17H23N3O2S. The van der Waals surface area contributed by atoms with Crippen LogP contribution in [0.4, 0.5) is 0 Å². The quantitative estimate of drug-likeness (QED) is 0.853. The van der Waals surface area contributed by atoms with E-state index in [1.807, 2.05) is 23.8 Å². The van der Waals surface area contributed by atoms with Gasteiger partial charge in [-0.3, -0.25) is 4.79 Å². The van der Waals surface area contributed by atoms with Gasteiger partial charge in [-0.15, -0.1) is 0 Å². The molecule has 1 saturated heterocycles. The van der Waals surface area contributed by atoms with Gasteiger partial charge in [-0.25, -0.2) is 4.98 Å². The van der Waals surface area contributed by atoms with Crippen molar-refractivity contribution in [3.8, 4) is 11.5 Å². The summed E-state index contributed by atoms with van der Waals surface area (Å²) in [5.74, 6) is 2.02. The summed E-state index contributed by atoms with van der Waals surface area (Å²) in [6.45, 7) is 4.79. The maximum absolute atomic E-state index is 12.1. The topological polar surface area (TPSA) is 67.2 Å². The first-order valence-electron chi connectivity index (χ1n) is 8.18. The molecule has 1 amide bonds. The van der Waals surface area contributed by atoms with Crippen LogP contribution in [0, 0.1) is 12.8 Å². The molecule has 6 heteroatoms. The van der Waals surface area contributed by atoms with Gasteiger partial charge in [-0.2, -0.15) is 11.3 Å². The van der Waals surface area contributed by atoms with Crippen LogP contribution in [0.2, 0.25) is 0 Å². The second-order valence-corrected chi connectivity index (χ2v) is 6.84. The second kappa shape index (κ2) is 7.75. The fourth-order valence-electron chi connectivity index (χ4n) is 2.90. The number of nitrogens with zero attached hydrogens (tertiary/aromatic N) is 1. The van der Waals surface area contributed by atoms with Crippen molar-refractivity contribution in [3.05, 3.63) is 28.3 Å². The predicted molar refractivity (Wildman–Crippen MR) is 91.5 cm³/mol. The number of piperidine rings is 1. The Labute approximate surface area is 140 Å². The van der Waals surface area contributed by atoms with Crippen molar-refractivity contribution in [2.45, 2.75) is 32.6 Å². The van der Waals surface area contributed by atoms with E-state index in [1.165, 1.54) is 12.8 Å². The molecule has 3 rings (SSSR count). The number of aromatic nitrogens is 1. The zero-order valence-corrected chi connectivity index (χ0v) is 14.2. The van der Waals surface area contributed by atoms with Crippen LogP contribution in [-0.2, 0) is 11.2 Å².